The number of nitrogens with two attached hydrogens (primary N) is 1. The Morgan fingerprint density at radius 1 is 0.906 bits per heavy atom. The van der Waals surface area contributed by atoms with Crippen LogP contribution in [0.25, 0.3) is 22.2 Å². The zero-order valence-corrected chi connectivity index (χ0v) is 17.8. The molecule has 2 amide bonds. The second kappa shape index (κ2) is 8.89. The van der Waals surface area contributed by atoms with Crippen LogP contribution in [0.2, 0.25) is 0 Å². The maximum Gasteiger partial charge on any atom is 0.256 e. The van der Waals surface area contributed by atoms with E-state index in [0.29, 0.717) is 33.6 Å². The molecule has 4 rings (SSSR count). The molecule has 32 heavy (non-hydrogen) atoms. The molecule has 1 aromatic heterocycles. The van der Waals surface area contributed by atoms with E-state index in [-0.39, 0.29) is 17.6 Å². The lowest BCUT2D eigenvalue weighted by atomic mass is 10.0. The SMILES string of the molecule is CC(C)Oc1ccccc1-c1cc(C(=O)Nc2ccccc2C(N)=O)c2ccccc2n1. The number of anilines is 1. The molecule has 0 spiro atoms. The van der Waals surface area contributed by atoms with E-state index in [1.165, 1.54) is 0 Å². The topological polar surface area (TPSA) is 94.3 Å². The zero-order valence-electron chi connectivity index (χ0n) is 17.8. The minimum atomic E-state index is -0.610. The molecule has 160 valence electrons. The molecule has 0 aliphatic carbocycles. The fraction of sp³-hybridized carbons (Fsp3) is 0.115. The van der Waals surface area contributed by atoms with Gasteiger partial charge in [0.25, 0.3) is 11.8 Å². The van der Waals surface area contributed by atoms with Crippen LogP contribution in [0.4, 0.5) is 5.69 Å². The monoisotopic (exact) mass is 425 g/mol. The lowest BCUT2D eigenvalue weighted by Gasteiger charge is -2.16. The van der Waals surface area contributed by atoms with Gasteiger partial charge in [0.1, 0.15) is 5.75 Å². The second-order valence-corrected chi connectivity index (χ2v) is 7.60. The Balaban J connectivity index is 1.83. The van der Waals surface area contributed by atoms with Crippen molar-refractivity contribution in [2.24, 2.45) is 5.73 Å². The third-order valence-corrected chi connectivity index (χ3v) is 4.93. The molecule has 0 aliphatic heterocycles. The van der Waals surface area contributed by atoms with Gasteiger partial charge in [0.2, 0.25) is 0 Å². The number of nitrogens with zero attached hydrogens (tertiary/aromatic N) is 1. The first-order valence-corrected chi connectivity index (χ1v) is 10.3. The van der Waals surface area contributed by atoms with Crippen LogP contribution in [0.5, 0.6) is 5.75 Å². The number of aromatic nitrogens is 1. The number of nitrogens with one attached hydrogen (secondary N) is 1. The number of ether oxygens (including phenoxy) is 1. The summed E-state index contributed by atoms with van der Waals surface area (Å²) in [6.45, 7) is 3.92. The Morgan fingerprint density at radius 3 is 2.38 bits per heavy atom. The molecule has 0 fully saturated rings. The molecule has 0 unspecified atom stereocenters. The van der Waals surface area contributed by atoms with Crippen molar-refractivity contribution < 1.29 is 14.3 Å². The van der Waals surface area contributed by atoms with Gasteiger partial charge in [0.05, 0.1) is 34.1 Å². The molecule has 1 heterocycles. The zero-order chi connectivity index (χ0) is 22.7. The first kappa shape index (κ1) is 21.1. The van der Waals surface area contributed by atoms with Crippen molar-refractivity contribution in [2.75, 3.05) is 5.32 Å². The van der Waals surface area contributed by atoms with Crippen LogP contribution in [0.15, 0.2) is 78.9 Å². The summed E-state index contributed by atoms with van der Waals surface area (Å²) in [7, 11) is 0. The van der Waals surface area contributed by atoms with E-state index >= 15 is 0 Å². The van der Waals surface area contributed by atoms with Gasteiger partial charge >= 0.3 is 0 Å². The van der Waals surface area contributed by atoms with Gasteiger partial charge in [-0.05, 0) is 50.2 Å². The van der Waals surface area contributed by atoms with Crippen LogP contribution < -0.4 is 15.8 Å². The number of carbonyl (C=O) groups is 2. The highest BCUT2D eigenvalue weighted by Gasteiger charge is 2.18. The predicted octanol–water partition coefficient (Wildman–Crippen LogP) is 5.04. The quantitative estimate of drug-likeness (QED) is 0.452. The van der Waals surface area contributed by atoms with Crippen molar-refractivity contribution in [1.29, 1.82) is 0 Å². The number of pyridine rings is 1. The first-order chi connectivity index (χ1) is 15.4. The number of para-hydroxylation sites is 3. The normalized spacial score (nSPS) is 10.8. The van der Waals surface area contributed by atoms with Gasteiger partial charge in [-0.1, -0.05) is 42.5 Å². The van der Waals surface area contributed by atoms with E-state index in [1.807, 2.05) is 62.4 Å². The average molecular weight is 425 g/mol. The summed E-state index contributed by atoms with van der Waals surface area (Å²) in [5, 5.41) is 3.53. The third kappa shape index (κ3) is 4.30. The van der Waals surface area contributed by atoms with Gasteiger partial charge < -0.3 is 15.8 Å². The highest BCUT2D eigenvalue weighted by molar-refractivity contribution is 6.15. The molecular weight excluding hydrogens is 402 g/mol. The Hall–Kier alpha value is -4.19. The molecule has 3 aromatic carbocycles. The van der Waals surface area contributed by atoms with Gasteiger partial charge in [-0.25, -0.2) is 4.98 Å². The van der Waals surface area contributed by atoms with Crippen LogP contribution >= 0.6 is 0 Å². The number of primary amides is 1. The Bertz CT molecular complexity index is 1310. The predicted molar refractivity (Wildman–Crippen MR) is 126 cm³/mol. The number of benzene rings is 3. The molecule has 0 atom stereocenters. The van der Waals surface area contributed by atoms with Gasteiger partial charge in [-0.15, -0.1) is 0 Å². The summed E-state index contributed by atoms with van der Waals surface area (Å²) in [6, 6.07) is 23.4. The van der Waals surface area contributed by atoms with Crippen molar-refractivity contribution in [3.63, 3.8) is 0 Å². The largest absolute Gasteiger partial charge is 0.490 e. The molecule has 3 N–H and O–H groups in total. The van der Waals surface area contributed by atoms with Crippen molar-refractivity contribution in [2.45, 2.75) is 20.0 Å². The van der Waals surface area contributed by atoms with Crippen LogP contribution in [0, 0.1) is 0 Å². The maximum atomic E-state index is 13.3. The fourth-order valence-corrected chi connectivity index (χ4v) is 3.53. The Kier molecular flexibility index (Phi) is 5.85. The minimum Gasteiger partial charge on any atom is -0.490 e. The smallest absolute Gasteiger partial charge is 0.256 e. The number of fused-ring (bicyclic) bond motifs is 1. The van der Waals surface area contributed by atoms with Crippen molar-refractivity contribution >= 4 is 28.4 Å². The van der Waals surface area contributed by atoms with Gasteiger partial charge in [-0.2, -0.15) is 0 Å². The summed E-state index contributed by atoms with van der Waals surface area (Å²) in [5.74, 6) is -0.280. The minimum absolute atomic E-state index is 0.00956. The summed E-state index contributed by atoms with van der Waals surface area (Å²) in [4.78, 5) is 29.9. The summed E-state index contributed by atoms with van der Waals surface area (Å²) in [6.07, 6.45) is -0.00956. The van der Waals surface area contributed by atoms with Crippen LogP contribution in [0.1, 0.15) is 34.6 Å². The molecule has 4 aromatic rings. The van der Waals surface area contributed by atoms with E-state index in [1.54, 1.807) is 30.3 Å². The lowest BCUT2D eigenvalue weighted by Crippen LogP contribution is -2.18. The number of carbonyl (C=O) groups excluding carboxylic acids is 2. The first-order valence-electron chi connectivity index (χ1n) is 10.3. The van der Waals surface area contributed by atoms with E-state index in [4.69, 9.17) is 15.5 Å². The number of rotatable bonds is 6. The summed E-state index contributed by atoms with van der Waals surface area (Å²) < 4.78 is 5.96. The van der Waals surface area contributed by atoms with Gasteiger partial charge in [0.15, 0.2) is 0 Å². The van der Waals surface area contributed by atoms with E-state index in [2.05, 4.69) is 5.32 Å². The standard InChI is InChI=1S/C26H23N3O3/c1-16(2)32-24-14-8-5-10-18(24)23-15-20(17-9-3-6-12-21(17)28-23)26(31)29-22-13-7-4-11-19(22)25(27)30/h3-16H,1-2H3,(H2,27,30)(H,29,31). The van der Waals surface area contributed by atoms with Crippen LogP contribution in [0.3, 0.4) is 0 Å². The number of hydrogen-bond donors (Lipinski definition) is 2. The Labute approximate surface area is 186 Å². The third-order valence-electron chi connectivity index (χ3n) is 4.93. The van der Waals surface area contributed by atoms with Crippen molar-refractivity contribution in [3.05, 3.63) is 90.0 Å². The van der Waals surface area contributed by atoms with E-state index < -0.39 is 5.91 Å². The molecule has 0 saturated heterocycles. The van der Waals surface area contributed by atoms with Crippen LogP contribution in [-0.4, -0.2) is 22.9 Å². The number of amides is 2. The number of hydrogen-bond acceptors (Lipinski definition) is 4. The maximum absolute atomic E-state index is 13.3. The molecular formula is C26H23N3O3. The Morgan fingerprint density at radius 2 is 1.59 bits per heavy atom. The fourth-order valence-electron chi connectivity index (χ4n) is 3.53. The van der Waals surface area contributed by atoms with Crippen molar-refractivity contribution in [1.82, 2.24) is 4.98 Å². The summed E-state index contributed by atoms with van der Waals surface area (Å²) in [5.41, 5.74) is 8.59. The average Bonchev–Trinajstić information content (AvgIpc) is 2.78. The molecule has 0 aliphatic rings. The molecule has 6 nitrogen and oxygen atoms in total. The van der Waals surface area contributed by atoms with E-state index in [9.17, 15) is 9.59 Å². The van der Waals surface area contributed by atoms with Crippen molar-refractivity contribution in [3.8, 4) is 17.0 Å². The highest BCUT2D eigenvalue weighted by atomic mass is 16.5. The van der Waals surface area contributed by atoms with Crippen LogP contribution in [-0.2, 0) is 0 Å². The van der Waals surface area contributed by atoms with E-state index in [0.717, 1.165) is 5.56 Å². The molecule has 0 saturated carbocycles. The summed E-state index contributed by atoms with van der Waals surface area (Å²) >= 11 is 0. The lowest BCUT2D eigenvalue weighted by molar-refractivity contribution is 0.100. The van der Waals surface area contributed by atoms with Gasteiger partial charge in [0, 0.05) is 10.9 Å². The molecule has 0 radical (unpaired) electrons. The second-order valence-electron chi connectivity index (χ2n) is 7.60. The van der Waals surface area contributed by atoms with Gasteiger partial charge in [-0.3, -0.25) is 9.59 Å². The highest BCUT2D eigenvalue weighted by Crippen LogP contribution is 2.32. The molecule has 0 bridgehead atoms. The molecule has 6 heteroatoms.